The Morgan fingerprint density at radius 3 is 2.42 bits per heavy atom. The molecule has 13 nitrogen and oxygen atoms in total. The van der Waals surface area contributed by atoms with Crippen molar-refractivity contribution in [1.29, 1.82) is 0 Å². The number of rotatable bonds is 14. The van der Waals surface area contributed by atoms with Gasteiger partial charge in [-0.2, -0.15) is 9.37 Å². The molecular formula is C26H35N3O10S. The lowest BCUT2D eigenvalue weighted by molar-refractivity contribution is -0.0984. The molecule has 0 radical (unpaired) electrons. The zero-order valence-corrected chi connectivity index (χ0v) is 23.4. The summed E-state index contributed by atoms with van der Waals surface area (Å²) in [5.41, 5.74) is 0.702. The number of carboxylic acid groups (broad SMARTS) is 1. The minimum atomic E-state index is -3.96. The van der Waals surface area contributed by atoms with E-state index in [9.17, 15) is 28.3 Å². The van der Waals surface area contributed by atoms with Gasteiger partial charge in [-0.15, -0.1) is 0 Å². The Balaban J connectivity index is 1.69. The number of hydroxylamine groups is 2. The van der Waals surface area contributed by atoms with Crippen LogP contribution in [0.1, 0.15) is 25.8 Å². The van der Waals surface area contributed by atoms with Gasteiger partial charge in [-0.05, 0) is 48.6 Å². The zero-order chi connectivity index (χ0) is 29.3. The minimum absolute atomic E-state index is 0.0109. The minimum Gasteiger partial charge on any atom is -0.490 e. The number of ether oxygens (including phenoxy) is 4. The molecule has 1 heterocycles. The van der Waals surface area contributed by atoms with E-state index in [-0.39, 0.29) is 61.8 Å². The molecular weight excluding hydrogens is 546 g/mol. The van der Waals surface area contributed by atoms with Crippen LogP contribution in [0.25, 0.3) is 0 Å². The SMILES string of the molecule is CNC(=O)OCCOc1ccc(CC(CCN(CC(C)C)S(=O)(=O)c2ccc3c(c2)OCO3)N(O)C(=O)O)cc1. The molecule has 0 saturated heterocycles. The number of nitrogens with zero attached hydrogens (tertiary/aromatic N) is 2. The number of alkyl carbamates (subject to hydrolysis) is 1. The molecule has 1 atom stereocenters. The summed E-state index contributed by atoms with van der Waals surface area (Å²) in [6.45, 7) is 4.13. The van der Waals surface area contributed by atoms with Gasteiger partial charge in [0.1, 0.15) is 19.0 Å². The molecule has 0 spiro atoms. The van der Waals surface area contributed by atoms with Gasteiger partial charge in [-0.25, -0.2) is 18.0 Å². The third-order valence-electron chi connectivity index (χ3n) is 5.99. The third kappa shape index (κ3) is 8.37. The molecule has 14 heteroatoms. The summed E-state index contributed by atoms with van der Waals surface area (Å²) < 4.78 is 49.3. The van der Waals surface area contributed by atoms with E-state index in [1.807, 2.05) is 13.8 Å². The number of amides is 2. The van der Waals surface area contributed by atoms with E-state index in [1.54, 1.807) is 24.3 Å². The smallest absolute Gasteiger partial charge is 0.431 e. The van der Waals surface area contributed by atoms with E-state index >= 15 is 0 Å². The average Bonchev–Trinajstić information content (AvgIpc) is 3.40. The maximum absolute atomic E-state index is 13.5. The fourth-order valence-corrected chi connectivity index (χ4v) is 5.66. The third-order valence-corrected chi connectivity index (χ3v) is 7.85. The normalized spacial score (nSPS) is 13.2. The summed E-state index contributed by atoms with van der Waals surface area (Å²) >= 11 is 0. The van der Waals surface area contributed by atoms with Crippen molar-refractivity contribution in [2.75, 3.05) is 40.1 Å². The molecule has 0 bridgehead atoms. The summed E-state index contributed by atoms with van der Waals surface area (Å²) in [5.74, 6) is 1.29. The highest BCUT2D eigenvalue weighted by atomic mass is 32.2. The standard InChI is InChI=1S/C26H35N3O10S/c1-18(2)16-28(40(34,35)22-8-9-23-24(15-22)39-17-38-23)11-10-20(29(33)26(31)32)14-19-4-6-21(7-5-19)36-12-13-37-25(30)27-3/h4-9,15,18,20,33H,10-14,16-17H2,1-3H3,(H,27,30)(H,31,32). The quantitative estimate of drug-likeness (QED) is 0.171. The molecule has 40 heavy (non-hydrogen) atoms. The second-order valence-electron chi connectivity index (χ2n) is 9.42. The number of nitrogens with one attached hydrogen (secondary N) is 1. The van der Waals surface area contributed by atoms with Gasteiger partial charge >= 0.3 is 12.2 Å². The van der Waals surface area contributed by atoms with Crippen LogP contribution in [0.3, 0.4) is 0 Å². The van der Waals surface area contributed by atoms with Crippen molar-refractivity contribution in [1.82, 2.24) is 14.7 Å². The fraction of sp³-hybridized carbons (Fsp3) is 0.462. The number of sulfonamides is 1. The predicted molar refractivity (Wildman–Crippen MR) is 142 cm³/mol. The topological polar surface area (TPSA) is 164 Å². The van der Waals surface area contributed by atoms with Crippen LogP contribution in [-0.4, -0.2) is 86.5 Å². The van der Waals surface area contributed by atoms with Crippen molar-refractivity contribution < 1.29 is 47.3 Å². The van der Waals surface area contributed by atoms with Crippen molar-refractivity contribution in [3.8, 4) is 17.2 Å². The molecule has 3 rings (SSSR count). The first-order valence-corrected chi connectivity index (χ1v) is 14.1. The van der Waals surface area contributed by atoms with E-state index in [0.717, 1.165) is 0 Å². The summed E-state index contributed by atoms with van der Waals surface area (Å²) in [7, 11) is -2.51. The lowest BCUT2D eigenvalue weighted by Crippen LogP contribution is -2.42. The second-order valence-corrected chi connectivity index (χ2v) is 11.4. The van der Waals surface area contributed by atoms with Crippen LogP contribution >= 0.6 is 0 Å². The number of fused-ring (bicyclic) bond motifs is 1. The van der Waals surface area contributed by atoms with Gasteiger partial charge in [-0.1, -0.05) is 26.0 Å². The molecule has 2 aromatic carbocycles. The molecule has 0 aliphatic carbocycles. The lowest BCUT2D eigenvalue weighted by Gasteiger charge is -2.28. The van der Waals surface area contributed by atoms with Crippen molar-refractivity contribution >= 4 is 22.2 Å². The Hall–Kier alpha value is -3.75. The Labute approximate surface area is 233 Å². The average molecular weight is 582 g/mol. The number of carbonyl (C=O) groups excluding carboxylic acids is 1. The molecule has 2 amide bonds. The highest BCUT2D eigenvalue weighted by molar-refractivity contribution is 7.89. The van der Waals surface area contributed by atoms with Crippen LogP contribution < -0.4 is 19.5 Å². The van der Waals surface area contributed by atoms with Crippen molar-refractivity contribution in [2.45, 2.75) is 37.6 Å². The Bertz CT molecular complexity index is 1250. The molecule has 0 saturated carbocycles. The van der Waals surface area contributed by atoms with E-state index in [2.05, 4.69) is 5.32 Å². The monoisotopic (exact) mass is 581 g/mol. The zero-order valence-electron chi connectivity index (χ0n) is 22.6. The summed E-state index contributed by atoms with van der Waals surface area (Å²) in [6, 6.07) is 10.2. The van der Waals surface area contributed by atoms with Crippen LogP contribution in [0.2, 0.25) is 0 Å². The van der Waals surface area contributed by atoms with Gasteiger partial charge in [0.15, 0.2) is 11.5 Å². The molecule has 0 fully saturated rings. The largest absolute Gasteiger partial charge is 0.490 e. The molecule has 1 aliphatic rings. The van der Waals surface area contributed by atoms with Crippen LogP contribution in [0.15, 0.2) is 47.4 Å². The first-order valence-electron chi connectivity index (χ1n) is 12.7. The van der Waals surface area contributed by atoms with E-state index < -0.39 is 28.3 Å². The number of benzene rings is 2. The number of hydrogen-bond acceptors (Lipinski definition) is 9. The highest BCUT2D eigenvalue weighted by Crippen LogP contribution is 2.35. The highest BCUT2D eigenvalue weighted by Gasteiger charge is 2.30. The first kappa shape index (κ1) is 30.8. The van der Waals surface area contributed by atoms with Gasteiger partial charge in [0.25, 0.3) is 0 Å². The second kappa shape index (κ2) is 14.1. The first-order chi connectivity index (χ1) is 19.0. The van der Waals surface area contributed by atoms with Crippen molar-refractivity contribution in [2.24, 2.45) is 5.92 Å². The maximum atomic E-state index is 13.5. The molecule has 0 aromatic heterocycles. The van der Waals surface area contributed by atoms with Crippen molar-refractivity contribution in [3.05, 3.63) is 48.0 Å². The van der Waals surface area contributed by atoms with Gasteiger partial charge < -0.3 is 29.4 Å². The van der Waals surface area contributed by atoms with Gasteiger partial charge in [0.2, 0.25) is 16.8 Å². The Kier molecular flexibility index (Phi) is 10.8. The van der Waals surface area contributed by atoms with Gasteiger partial charge in [0, 0.05) is 26.2 Å². The molecule has 220 valence electrons. The van der Waals surface area contributed by atoms with Crippen LogP contribution in [0.5, 0.6) is 17.2 Å². The number of carbonyl (C=O) groups is 2. The van der Waals surface area contributed by atoms with E-state index in [1.165, 1.54) is 29.6 Å². The Morgan fingerprint density at radius 2 is 1.77 bits per heavy atom. The number of hydrogen-bond donors (Lipinski definition) is 3. The van der Waals surface area contributed by atoms with Crippen molar-refractivity contribution in [3.63, 3.8) is 0 Å². The Morgan fingerprint density at radius 1 is 1.07 bits per heavy atom. The summed E-state index contributed by atoms with van der Waals surface area (Å²) in [6.07, 6.45) is -1.95. The van der Waals surface area contributed by atoms with Gasteiger partial charge in [0.05, 0.1) is 10.9 Å². The van der Waals surface area contributed by atoms with Crippen LogP contribution in [-0.2, 0) is 21.2 Å². The molecule has 3 N–H and O–H groups in total. The van der Waals surface area contributed by atoms with Crippen LogP contribution in [0.4, 0.5) is 9.59 Å². The van der Waals surface area contributed by atoms with Gasteiger partial charge in [-0.3, -0.25) is 5.21 Å². The summed E-state index contributed by atoms with van der Waals surface area (Å²) in [5, 5.41) is 22.3. The fourth-order valence-electron chi connectivity index (χ4n) is 4.02. The lowest BCUT2D eigenvalue weighted by atomic mass is 10.0. The van der Waals surface area contributed by atoms with Crippen LogP contribution in [0, 0.1) is 5.92 Å². The summed E-state index contributed by atoms with van der Waals surface area (Å²) in [4.78, 5) is 22.7. The van der Waals surface area contributed by atoms with E-state index in [4.69, 9.17) is 18.9 Å². The maximum Gasteiger partial charge on any atom is 0.431 e. The molecule has 1 aliphatic heterocycles. The van der Waals surface area contributed by atoms with E-state index in [0.29, 0.717) is 22.8 Å². The molecule has 2 aromatic rings. The predicted octanol–water partition coefficient (Wildman–Crippen LogP) is 3.17. The molecule has 1 unspecified atom stereocenters.